The topological polar surface area (TPSA) is 43.6 Å². The van der Waals surface area contributed by atoms with E-state index in [0.29, 0.717) is 17.5 Å². The quantitative estimate of drug-likeness (QED) is 0.0914. The lowest BCUT2D eigenvalue weighted by molar-refractivity contribution is 1.08. The summed E-state index contributed by atoms with van der Waals surface area (Å²) in [6.07, 6.45) is 11.8. The largest absolute Gasteiger partial charge is 0.309 e. The minimum Gasteiger partial charge on any atom is -0.309 e. The van der Waals surface area contributed by atoms with Crippen LogP contribution < -0.4 is 0 Å². The second-order valence-electron chi connectivity index (χ2n) is 15.2. The number of hydrogen-bond donors (Lipinski definition) is 0. The Morgan fingerprint density at radius 3 is 1.62 bits per heavy atom. The Morgan fingerprint density at radius 1 is 0.444 bits per heavy atom. The van der Waals surface area contributed by atoms with Crippen molar-refractivity contribution in [2.45, 2.75) is 27.7 Å². The minimum absolute atomic E-state index is 0.649. The fourth-order valence-corrected chi connectivity index (χ4v) is 7.71. The molecule has 4 nitrogen and oxygen atoms in total. The molecule has 0 aliphatic heterocycles. The summed E-state index contributed by atoms with van der Waals surface area (Å²) in [6, 6.07) is 64.0. The van der Waals surface area contributed by atoms with Crippen molar-refractivity contribution in [3.63, 3.8) is 0 Å². The van der Waals surface area contributed by atoms with Crippen molar-refractivity contribution < 1.29 is 0 Å². The normalized spacial score (nSPS) is 11.5. The number of para-hydroxylation sites is 1. The van der Waals surface area contributed by atoms with Gasteiger partial charge in [-0.15, -0.1) is 0 Å². The van der Waals surface area contributed by atoms with Gasteiger partial charge in [-0.25, -0.2) is 15.0 Å². The van der Waals surface area contributed by atoms with Gasteiger partial charge in [-0.2, -0.15) is 0 Å². The van der Waals surface area contributed by atoms with Crippen molar-refractivity contribution in [2.75, 3.05) is 0 Å². The number of aromatic nitrogens is 4. The van der Waals surface area contributed by atoms with Crippen LogP contribution in [-0.4, -0.2) is 19.5 Å². The highest BCUT2D eigenvalue weighted by Crippen LogP contribution is 2.39. The third kappa shape index (κ3) is 9.07. The molecule has 8 aromatic carbocycles. The average Bonchev–Trinajstić information content (AvgIpc) is 3.69. The molecule has 0 radical (unpaired) electrons. The molecule has 0 bridgehead atoms. The molecule has 0 fully saturated rings. The van der Waals surface area contributed by atoms with Crippen LogP contribution in [0.5, 0.6) is 0 Å². The van der Waals surface area contributed by atoms with E-state index in [-0.39, 0.29) is 0 Å². The zero-order valence-electron chi connectivity index (χ0n) is 36.3. The van der Waals surface area contributed by atoms with Gasteiger partial charge < -0.3 is 4.57 Å². The lowest BCUT2D eigenvalue weighted by Gasteiger charge is -2.14. The van der Waals surface area contributed by atoms with Gasteiger partial charge >= 0.3 is 0 Å². The summed E-state index contributed by atoms with van der Waals surface area (Å²) in [5, 5.41) is 7.03. The fraction of sp³-hybridized carbons (Fsp3) is 0.0678. The molecule has 2 heterocycles. The fourth-order valence-electron chi connectivity index (χ4n) is 7.71. The van der Waals surface area contributed by atoms with Gasteiger partial charge in [0, 0.05) is 32.8 Å². The van der Waals surface area contributed by atoms with Crippen LogP contribution >= 0.6 is 0 Å². The van der Waals surface area contributed by atoms with Crippen molar-refractivity contribution in [3.05, 3.63) is 231 Å². The smallest absolute Gasteiger partial charge is 0.164 e. The molecule has 0 aliphatic rings. The summed E-state index contributed by atoms with van der Waals surface area (Å²) in [6.45, 7) is 11.6. The van der Waals surface area contributed by atoms with Crippen LogP contribution in [0, 0.1) is 0 Å². The van der Waals surface area contributed by atoms with Gasteiger partial charge in [-0.05, 0) is 91.4 Å². The Kier molecular flexibility index (Phi) is 13.0. The molecule has 0 spiro atoms. The maximum absolute atomic E-state index is 5.09. The van der Waals surface area contributed by atoms with Crippen LogP contribution in [0.1, 0.15) is 27.7 Å². The lowest BCUT2D eigenvalue weighted by atomic mass is 9.98. The van der Waals surface area contributed by atoms with Crippen molar-refractivity contribution in [1.82, 2.24) is 19.5 Å². The van der Waals surface area contributed by atoms with E-state index in [1.165, 1.54) is 43.9 Å². The molecule has 0 atom stereocenters. The predicted octanol–water partition coefficient (Wildman–Crippen LogP) is 16.2. The Labute approximate surface area is 370 Å². The van der Waals surface area contributed by atoms with E-state index in [4.69, 9.17) is 15.0 Å². The van der Waals surface area contributed by atoms with E-state index in [1.54, 1.807) is 0 Å². The average molecular weight is 815 g/mol. The highest BCUT2D eigenvalue weighted by atomic mass is 15.0. The lowest BCUT2D eigenvalue weighted by Crippen LogP contribution is -2.00. The predicted molar refractivity (Wildman–Crippen MR) is 270 cm³/mol. The summed E-state index contributed by atoms with van der Waals surface area (Å²) in [4.78, 5) is 15.1. The Morgan fingerprint density at radius 2 is 1.00 bits per heavy atom. The van der Waals surface area contributed by atoms with Crippen LogP contribution in [0.2, 0.25) is 0 Å². The summed E-state index contributed by atoms with van der Waals surface area (Å²) >= 11 is 0. The van der Waals surface area contributed by atoms with Gasteiger partial charge in [0.1, 0.15) is 0 Å². The van der Waals surface area contributed by atoms with Gasteiger partial charge in [0.2, 0.25) is 0 Å². The molecule has 0 saturated heterocycles. The first-order valence-electron chi connectivity index (χ1n) is 21.4. The molecule has 0 aliphatic carbocycles. The second-order valence-corrected chi connectivity index (χ2v) is 15.2. The number of fused-ring (bicyclic) bond motifs is 5. The van der Waals surface area contributed by atoms with Crippen LogP contribution in [-0.2, 0) is 0 Å². The molecule has 306 valence electrons. The van der Waals surface area contributed by atoms with Crippen LogP contribution in [0.15, 0.2) is 231 Å². The molecule has 0 saturated carbocycles. The van der Waals surface area contributed by atoms with Crippen molar-refractivity contribution in [1.29, 1.82) is 0 Å². The molecular weight excluding hydrogens is 765 g/mol. The Bertz CT molecular complexity index is 3200. The number of allylic oxidation sites excluding steroid dienone is 7. The summed E-state index contributed by atoms with van der Waals surface area (Å²) in [7, 11) is 0. The van der Waals surface area contributed by atoms with Gasteiger partial charge in [-0.1, -0.05) is 194 Å². The van der Waals surface area contributed by atoms with E-state index >= 15 is 0 Å². The first-order valence-corrected chi connectivity index (χ1v) is 21.4. The molecule has 2 aromatic heterocycles. The van der Waals surface area contributed by atoms with Gasteiger partial charge in [0.15, 0.2) is 17.5 Å². The van der Waals surface area contributed by atoms with E-state index in [1.807, 2.05) is 125 Å². The number of rotatable bonds is 7. The first-order chi connectivity index (χ1) is 31.0. The highest BCUT2D eigenvalue weighted by Gasteiger charge is 2.18. The SMILES string of the molecule is C/C=C\C.C=C/C(C)=C\C=C/C.c1ccc(-c2ccc3c(c2)c2ccccc2n3-c2cccc3cc4cccc(-c5nc(-c6ccccc6)nc(-c6ccccc6)n5)c4cc23)cc1. The molecule has 0 N–H and O–H groups in total. The van der Waals surface area contributed by atoms with Crippen molar-refractivity contribution in [2.24, 2.45) is 0 Å². The van der Waals surface area contributed by atoms with E-state index in [2.05, 4.69) is 132 Å². The monoisotopic (exact) mass is 814 g/mol. The standard InChI is InChI=1S/C47H30N4.C8H12.C4H8/c1-4-14-31(15-5-1)34-26-27-44-41(29-34)37-22-10-11-24-42(37)51(44)43-25-13-21-36-28-35-20-12-23-38(39(35)30-40(36)43)47-49-45(32-16-6-2-7-17-32)48-46(50-47)33-18-8-3-9-19-33;1-4-6-7-8(3)5-2;1-3-4-2/h1-30H;4-7H,2H2,1,3H3;3-4H,1-2H3/b;6-4-,8-7-;4-3-. The number of benzene rings is 8. The first kappa shape index (κ1) is 41.8. The zero-order chi connectivity index (χ0) is 43.5. The number of hydrogen-bond acceptors (Lipinski definition) is 3. The van der Waals surface area contributed by atoms with E-state index in [9.17, 15) is 0 Å². The number of nitrogens with zero attached hydrogens (tertiary/aromatic N) is 4. The van der Waals surface area contributed by atoms with Crippen LogP contribution in [0.4, 0.5) is 0 Å². The third-order valence-electron chi connectivity index (χ3n) is 11.0. The third-order valence-corrected chi connectivity index (χ3v) is 11.0. The molecule has 0 amide bonds. The summed E-state index contributed by atoms with van der Waals surface area (Å²) in [5.41, 5.74) is 9.98. The molecule has 63 heavy (non-hydrogen) atoms. The molecule has 10 rings (SSSR count). The molecular formula is C59H50N4. The maximum atomic E-state index is 5.09. The summed E-state index contributed by atoms with van der Waals surface area (Å²) < 4.78 is 2.42. The van der Waals surface area contributed by atoms with E-state index in [0.717, 1.165) is 38.5 Å². The minimum atomic E-state index is 0.649. The highest BCUT2D eigenvalue weighted by molar-refractivity contribution is 6.13. The molecule has 0 unspecified atom stereocenters. The summed E-state index contributed by atoms with van der Waals surface area (Å²) in [5.74, 6) is 1.95. The molecule has 10 aromatic rings. The second kappa shape index (κ2) is 19.6. The van der Waals surface area contributed by atoms with Gasteiger partial charge in [-0.3, -0.25) is 0 Å². The van der Waals surface area contributed by atoms with Gasteiger partial charge in [0.25, 0.3) is 0 Å². The Balaban J connectivity index is 0.000000403. The zero-order valence-corrected chi connectivity index (χ0v) is 36.3. The van der Waals surface area contributed by atoms with Gasteiger partial charge in [0.05, 0.1) is 16.7 Å². The van der Waals surface area contributed by atoms with Crippen molar-refractivity contribution >= 4 is 43.4 Å². The van der Waals surface area contributed by atoms with Crippen LogP contribution in [0.25, 0.3) is 94.3 Å². The molecule has 4 heteroatoms. The Hall–Kier alpha value is -7.95. The van der Waals surface area contributed by atoms with Crippen LogP contribution in [0.3, 0.4) is 0 Å². The maximum Gasteiger partial charge on any atom is 0.164 e. The van der Waals surface area contributed by atoms with E-state index < -0.39 is 0 Å². The van der Waals surface area contributed by atoms with Crippen molar-refractivity contribution in [3.8, 4) is 51.0 Å².